The first-order chi connectivity index (χ1) is 28.0. The maximum Gasteiger partial charge on any atom is 0.321 e. The average Bonchev–Trinajstić information content (AvgIpc) is 3.20. The summed E-state index contributed by atoms with van der Waals surface area (Å²) in [7, 11) is 0. The molecular weight excluding hydrogens is 745 g/mol. The molecular formula is C54H72O6. The Morgan fingerprint density at radius 3 is 1.50 bits per heavy atom. The molecule has 6 heteroatoms. The number of esters is 2. The van der Waals surface area contributed by atoms with Gasteiger partial charge in [-0.3, -0.25) is 9.59 Å². The van der Waals surface area contributed by atoms with Crippen LogP contribution < -0.4 is 18.9 Å². The summed E-state index contributed by atoms with van der Waals surface area (Å²) in [6.07, 6.45) is 5.67. The molecule has 0 bridgehead atoms. The van der Waals surface area contributed by atoms with Gasteiger partial charge in [0.25, 0.3) is 0 Å². The number of hydrogen-bond donors (Lipinski definition) is 0. The minimum Gasteiger partial charge on any atom is -0.488 e. The highest BCUT2D eigenvalue weighted by molar-refractivity contribution is 5.80. The Morgan fingerprint density at radius 2 is 1.05 bits per heavy atom. The van der Waals surface area contributed by atoms with Crippen molar-refractivity contribution in [3.8, 4) is 23.0 Å². The zero-order chi connectivity index (χ0) is 44.3. The first-order valence-corrected chi connectivity index (χ1v) is 22.3. The Bertz CT molecular complexity index is 2050. The number of carbonyl (C=O) groups is 2. The molecule has 0 saturated heterocycles. The van der Waals surface area contributed by atoms with Crippen LogP contribution in [-0.4, -0.2) is 23.1 Å². The quantitative estimate of drug-likeness (QED) is 0.0828. The van der Waals surface area contributed by atoms with Crippen LogP contribution >= 0.6 is 0 Å². The van der Waals surface area contributed by atoms with E-state index in [0.717, 1.165) is 42.6 Å². The van der Waals surface area contributed by atoms with Crippen molar-refractivity contribution in [1.82, 2.24) is 0 Å². The fourth-order valence-electron chi connectivity index (χ4n) is 9.26. The Morgan fingerprint density at radius 1 is 0.617 bits per heavy atom. The summed E-state index contributed by atoms with van der Waals surface area (Å²) in [5.41, 5.74) is 2.35. The van der Waals surface area contributed by atoms with Crippen LogP contribution in [0.25, 0.3) is 0 Å². The lowest BCUT2D eigenvalue weighted by molar-refractivity contribution is -0.157. The van der Waals surface area contributed by atoms with Gasteiger partial charge in [-0.2, -0.15) is 0 Å². The number of benzene rings is 4. The molecule has 3 atom stereocenters. The maximum atomic E-state index is 14.2. The molecule has 3 unspecified atom stereocenters. The second-order valence-corrected chi connectivity index (χ2v) is 20.2. The van der Waals surface area contributed by atoms with Gasteiger partial charge in [0, 0.05) is 10.8 Å². The normalized spacial score (nSPS) is 19.3. The highest BCUT2D eigenvalue weighted by atomic mass is 16.5. The minimum absolute atomic E-state index is 0.157. The van der Waals surface area contributed by atoms with Crippen molar-refractivity contribution in [2.24, 2.45) is 22.7 Å². The third-order valence-corrected chi connectivity index (χ3v) is 14.0. The van der Waals surface area contributed by atoms with Crippen LogP contribution in [-0.2, 0) is 20.4 Å². The zero-order valence-electron chi connectivity index (χ0n) is 39.1. The van der Waals surface area contributed by atoms with E-state index in [4.69, 9.17) is 18.9 Å². The molecule has 0 aromatic heterocycles. The smallest absolute Gasteiger partial charge is 0.321 e. The molecule has 6 nitrogen and oxygen atoms in total. The molecule has 324 valence electrons. The fourth-order valence-corrected chi connectivity index (χ4v) is 9.26. The molecule has 1 aliphatic rings. The molecule has 1 aliphatic carbocycles. The lowest BCUT2D eigenvalue weighted by atomic mass is 9.55. The molecule has 5 rings (SSSR count). The fraction of sp³-hybridized carbons (Fsp3) is 0.519. The summed E-state index contributed by atoms with van der Waals surface area (Å²) in [5, 5.41) is 0. The van der Waals surface area contributed by atoms with E-state index in [1.54, 1.807) is 0 Å². The Balaban J connectivity index is 1.32. The molecule has 0 heterocycles. The van der Waals surface area contributed by atoms with Crippen LogP contribution in [0.15, 0.2) is 97.1 Å². The summed E-state index contributed by atoms with van der Waals surface area (Å²) in [4.78, 5) is 26.3. The molecule has 0 amide bonds. The summed E-state index contributed by atoms with van der Waals surface area (Å²) in [5.74, 6) is 2.41. The zero-order valence-corrected chi connectivity index (χ0v) is 39.1. The van der Waals surface area contributed by atoms with Crippen molar-refractivity contribution in [1.29, 1.82) is 0 Å². The van der Waals surface area contributed by atoms with Gasteiger partial charge in [0.05, 0.1) is 5.92 Å². The molecule has 0 aliphatic heterocycles. The second-order valence-electron chi connectivity index (χ2n) is 20.2. The summed E-state index contributed by atoms with van der Waals surface area (Å²) >= 11 is 0. The van der Waals surface area contributed by atoms with Crippen molar-refractivity contribution in [3.63, 3.8) is 0 Å². The summed E-state index contributed by atoms with van der Waals surface area (Å²) in [6.45, 7) is 29.5. The van der Waals surface area contributed by atoms with E-state index in [2.05, 4.69) is 104 Å². The van der Waals surface area contributed by atoms with Gasteiger partial charge in [-0.25, -0.2) is 0 Å². The average molecular weight is 817 g/mol. The van der Waals surface area contributed by atoms with Gasteiger partial charge in [-0.15, -0.1) is 0 Å². The monoisotopic (exact) mass is 817 g/mol. The third kappa shape index (κ3) is 9.96. The number of carbonyl (C=O) groups excluding carboxylic acids is 2. The Hall–Kier alpha value is -4.58. The third-order valence-electron chi connectivity index (χ3n) is 14.0. The lowest BCUT2D eigenvalue weighted by Gasteiger charge is -2.48. The molecule has 60 heavy (non-hydrogen) atoms. The van der Waals surface area contributed by atoms with Gasteiger partial charge >= 0.3 is 11.9 Å². The lowest BCUT2D eigenvalue weighted by Crippen LogP contribution is -2.52. The second kappa shape index (κ2) is 17.8. The first-order valence-electron chi connectivity index (χ1n) is 22.3. The van der Waals surface area contributed by atoms with Crippen molar-refractivity contribution in [2.45, 2.75) is 157 Å². The van der Waals surface area contributed by atoms with Crippen molar-refractivity contribution in [2.75, 3.05) is 0 Å². The van der Waals surface area contributed by atoms with E-state index in [1.165, 1.54) is 17.5 Å². The van der Waals surface area contributed by atoms with E-state index in [9.17, 15) is 9.59 Å². The topological polar surface area (TPSA) is 71.1 Å². The largest absolute Gasteiger partial charge is 0.488 e. The van der Waals surface area contributed by atoms with E-state index >= 15 is 0 Å². The maximum absolute atomic E-state index is 14.2. The van der Waals surface area contributed by atoms with E-state index in [-0.39, 0.29) is 39.7 Å². The number of hydrogen-bond acceptors (Lipinski definition) is 6. The number of rotatable bonds is 16. The molecule has 0 radical (unpaired) electrons. The van der Waals surface area contributed by atoms with Crippen LogP contribution in [0.3, 0.4) is 0 Å². The Labute approximate surface area is 361 Å². The van der Waals surface area contributed by atoms with Crippen LogP contribution in [0.1, 0.15) is 158 Å². The molecule has 0 N–H and O–H groups in total. The summed E-state index contributed by atoms with van der Waals surface area (Å²) < 4.78 is 24.8. The first kappa shape index (κ1) is 46.5. The van der Waals surface area contributed by atoms with E-state index < -0.39 is 11.0 Å². The molecule has 4 aromatic carbocycles. The van der Waals surface area contributed by atoms with Gasteiger partial charge in [0.1, 0.15) is 39.6 Å². The van der Waals surface area contributed by atoms with Gasteiger partial charge in [-0.1, -0.05) is 118 Å². The van der Waals surface area contributed by atoms with Crippen LogP contribution in [0, 0.1) is 22.7 Å². The highest BCUT2D eigenvalue weighted by Gasteiger charge is 2.50. The predicted molar refractivity (Wildman–Crippen MR) is 244 cm³/mol. The molecule has 1 fully saturated rings. The van der Waals surface area contributed by atoms with Gasteiger partial charge in [-0.05, 0) is 148 Å². The van der Waals surface area contributed by atoms with Gasteiger partial charge in [0.15, 0.2) is 0 Å². The van der Waals surface area contributed by atoms with Crippen molar-refractivity contribution >= 4 is 11.9 Å². The van der Waals surface area contributed by atoms with Crippen molar-refractivity contribution < 1.29 is 28.5 Å². The molecule has 4 aromatic rings. The van der Waals surface area contributed by atoms with Gasteiger partial charge < -0.3 is 18.9 Å². The Kier molecular flexibility index (Phi) is 13.8. The number of ether oxygens (including phenoxy) is 4. The van der Waals surface area contributed by atoms with Crippen LogP contribution in [0.4, 0.5) is 0 Å². The van der Waals surface area contributed by atoms with Crippen LogP contribution in [0.5, 0.6) is 23.0 Å². The van der Waals surface area contributed by atoms with E-state index in [1.807, 2.05) is 90.1 Å². The molecule has 1 saturated carbocycles. The van der Waals surface area contributed by atoms with Gasteiger partial charge in [0.2, 0.25) is 0 Å². The summed E-state index contributed by atoms with van der Waals surface area (Å²) in [6, 6.07) is 32.8. The van der Waals surface area contributed by atoms with Crippen LogP contribution in [0.2, 0.25) is 0 Å². The predicted octanol–water partition coefficient (Wildman–Crippen LogP) is 13.8. The molecule has 0 spiro atoms. The van der Waals surface area contributed by atoms with E-state index in [0.29, 0.717) is 29.6 Å². The highest BCUT2D eigenvalue weighted by Crippen LogP contribution is 2.54. The SMILES string of the molecule is CCC(C)(CC)Oc1ccc(C2(c3ccc(OC(=O)C(C)(CC)C(C)(C)Oc4ccc(C(C)(C)c5ccc(OC(=O)C(C)C)cc5)cc4)cc3)CC(C)CC(C)(C)C2)cc1. The van der Waals surface area contributed by atoms with Crippen molar-refractivity contribution in [3.05, 3.63) is 119 Å². The standard InChI is InChI=1S/C54H72O6/c1-15-52(13,16-2)60-46-32-24-42(25-33-46)54(35-38(6)34-49(7,8)36-54)41-22-28-44(29-23-41)58-48(56)53(14,17-3)51(11,12)59-45-30-20-40(21-31-45)50(9,10)39-18-26-43(27-19-39)57-47(55)37(4)5/h18-33,37-38H,15-17,34-36H2,1-14H3. The minimum atomic E-state index is -0.954.